The molecule has 0 aromatic carbocycles. The molecule has 19 heavy (non-hydrogen) atoms. The zero-order valence-corrected chi connectivity index (χ0v) is 11.5. The van der Waals surface area contributed by atoms with Gasteiger partial charge in [-0.25, -0.2) is 0 Å². The van der Waals surface area contributed by atoms with Gasteiger partial charge < -0.3 is 0 Å². The maximum atomic E-state index is 11.0. The van der Waals surface area contributed by atoms with E-state index in [0.717, 1.165) is 37.8 Å². The lowest BCUT2D eigenvalue weighted by Crippen LogP contribution is -1.97. The van der Waals surface area contributed by atoms with Crippen LogP contribution in [0.25, 0.3) is 0 Å². The van der Waals surface area contributed by atoms with Crippen molar-refractivity contribution in [3.05, 3.63) is 53.9 Å². The Labute approximate surface area is 115 Å². The fourth-order valence-corrected chi connectivity index (χ4v) is 2.48. The monoisotopic (exact) mass is 255 g/mol. The van der Waals surface area contributed by atoms with Crippen LogP contribution in [0.3, 0.4) is 0 Å². The lowest BCUT2D eigenvalue weighted by molar-refractivity contribution is -0.112. The van der Waals surface area contributed by atoms with Gasteiger partial charge in [0.2, 0.25) is 0 Å². The molecule has 0 saturated carbocycles. The number of nitrogens with zero attached hydrogens (tertiary/aromatic N) is 1. The van der Waals surface area contributed by atoms with E-state index >= 15 is 0 Å². The largest absolute Gasteiger partial charge is 0.295 e. The van der Waals surface area contributed by atoms with Crippen LogP contribution in [0, 0.1) is 5.92 Å². The van der Waals surface area contributed by atoms with E-state index in [0.29, 0.717) is 5.92 Å². The molecule has 100 valence electrons. The van der Waals surface area contributed by atoms with E-state index in [9.17, 15) is 4.79 Å². The van der Waals surface area contributed by atoms with Crippen molar-refractivity contribution in [2.75, 3.05) is 0 Å². The first-order chi connectivity index (χ1) is 9.24. The van der Waals surface area contributed by atoms with Crippen LogP contribution in [0.15, 0.2) is 48.2 Å². The van der Waals surface area contributed by atoms with Crippen LogP contribution >= 0.6 is 0 Å². The van der Waals surface area contributed by atoms with Gasteiger partial charge >= 0.3 is 0 Å². The SMILES string of the molecule is CC(=O)C=CC1CCC=C(Cc2ccccn2)CC1. The molecule has 1 atom stereocenters. The topological polar surface area (TPSA) is 30.0 Å². The summed E-state index contributed by atoms with van der Waals surface area (Å²) < 4.78 is 0. The van der Waals surface area contributed by atoms with Gasteiger partial charge in [0, 0.05) is 18.3 Å². The zero-order valence-electron chi connectivity index (χ0n) is 11.5. The van der Waals surface area contributed by atoms with Crippen molar-refractivity contribution in [1.82, 2.24) is 4.98 Å². The highest BCUT2D eigenvalue weighted by Crippen LogP contribution is 2.25. The molecule has 0 bridgehead atoms. The third kappa shape index (κ3) is 4.82. The zero-order chi connectivity index (χ0) is 13.5. The summed E-state index contributed by atoms with van der Waals surface area (Å²) in [5.74, 6) is 0.687. The lowest BCUT2D eigenvalue weighted by Gasteiger charge is -2.08. The van der Waals surface area contributed by atoms with Gasteiger partial charge in [-0.1, -0.05) is 23.8 Å². The van der Waals surface area contributed by atoms with Crippen molar-refractivity contribution < 1.29 is 4.79 Å². The summed E-state index contributed by atoms with van der Waals surface area (Å²) in [4.78, 5) is 15.4. The van der Waals surface area contributed by atoms with Crippen molar-refractivity contribution in [2.45, 2.75) is 39.0 Å². The van der Waals surface area contributed by atoms with Gasteiger partial charge in [0.05, 0.1) is 0 Å². The molecular weight excluding hydrogens is 234 g/mol. The molecule has 0 radical (unpaired) electrons. The Morgan fingerprint density at radius 3 is 3.05 bits per heavy atom. The van der Waals surface area contributed by atoms with Crippen molar-refractivity contribution >= 4 is 5.78 Å². The molecule has 2 heteroatoms. The van der Waals surface area contributed by atoms with Crippen LogP contribution in [0.1, 0.15) is 38.3 Å². The molecule has 0 amide bonds. The van der Waals surface area contributed by atoms with Crippen LogP contribution in [-0.4, -0.2) is 10.8 Å². The van der Waals surface area contributed by atoms with Gasteiger partial charge in [-0.15, -0.1) is 0 Å². The predicted octanol–water partition coefficient (Wildman–Crippen LogP) is 3.89. The first-order valence-electron chi connectivity index (χ1n) is 7.00. The van der Waals surface area contributed by atoms with Crippen molar-refractivity contribution in [3.8, 4) is 0 Å². The molecule has 2 rings (SSSR count). The van der Waals surface area contributed by atoms with E-state index in [4.69, 9.17) is 0 Å². The molecule has 1 unspecified atom stereocenters. The quantitative estimate of drug-likeness (QED) is 0.603. The number of carbonyl (C=O) groups excluding carboxylic acids is 1. The average Bonchev–Trinajstić information content (AvgIpc) is 2.63. The fourth-order valence-electron chi connectivity index (χ4n) is 2.48. The van der Waals surface area contributed by atoms with E-state index in [1.165, 1.54) is 5.57 Å². The molecule has 1 aliphatic rings. The number of allylic oxidation sites excluding steroid dienone is 4. The Morgan fingerprint density at radius 2 is 2.32 bits per heavy atom. The van der Waals surface area contributed by atoms with E-state index < -0.39 is 0 Å². The number of hydrogen-bond acceptors (Lipinski definition) is 2. The Kier molecular flexibility index (Phi) is 5.08. The summed E-state index contributed by atoms with van der Waals surface area (Å²) in [5.41, 5.74) is 2.63. The van der Waals surface area contributed by atoms with Crippen molar-refractivity contribution in [2.24, 2.45) is 5.92 Å². The molecule has 1 aliphatic carbocycles. The third-order valence-electron chi connectivity index (χ3n) is 3.54. The third-order valence-corrected chi connectivity index (χ3v) is 3.54. The highest BCUT2D eigenvalue weighted by atomic mass is 16.1. The highest BCUT2D eigenvalue weighted by molar-refractivity contribution is 5.87. The average molecular weight is 255 g/mol. The summed E-state index contributed by atoms with van der Waals surface area (Å²) in [6.45, 7) is 1.61. The van der Waals surface area contributed by atoms with Crippen LogP contribution in [0.5, 0.6) is 0 Å². The van der Waals surface area contributed by atoms with Gasteiger partial charge in [-0.3, -0.25) is 9.78 Å². The summed E-state index contributed by atoms with van der Waals surface area (Å²) in [5, 5.41) is 0. The fraction of sp³-hybridized carbons (Fsp3) is 0.412. The van der Waals surface area contributed by atoms with E-state index in [1.807, 2.05) is 18.3 Å². The molecule has 0 spiro atoms. The maximum Gasteiger partial charge on any atom is 0.152 e. The molecule has 0 aliphatic heterocycles. The number of ketones is 1. The van der Waals surface area contributed by atoms with Gasteiger partial charge in [0.15, 0.2) is 5.78 Å². The summed E-state index contributed by atoms with van der Waals surface area (Å²) in [6, 6.07) is 6.07. The second kappa shape index (κ2) is 7.03. The normalized spacial score (nSPS) is 20.1. The number of hydrogen-bond donors (Lipinski definition) is 0. The highest BCUT2D eigenvalue weighted by Gasteiger charge is 2.11. The molecule has 1 heterocycles. The second-order valence-corrected chi connectivity index (χ2v) is 5.21. The molecule has 1 aromatic heterocycles. The standard InChI is InChI=1S/C17H21NO/c1-14(19)8-9-15-5-4-6-16(11-10-15)13-17-7-2-3-12-18-17/h2-3,6-9,12,15H,4-5,10-11,13H2,1H3. The van der Waals surface area contributed by atoms with E-state index in [1.54, 1.807) is 13.0 Å². The van der Waals surface area contributed by atoms with Gasteiger partial charge in [0.25, 0.3) is 0 Å². The number of carbonyl (C=O) groups is 1. The summed E-state index contributed by atoms with van der Waals surface area (Å²) in [7, 11) is 0. The van der Waals surface area contributed by atoms with Crippen molar-refractivity contribution in [3.63, 3.8) is 0 Å². The molecular formula is C17H21NO. The molecule has 0 fully saturated rings. The summed E-state index contributed by atoms with van der Waals surface area (Å²) >= 11 is 0. The first kappa shape index (κ1) is 13.7. The number of rotatable bonds is 4. The van der Waals surface area contributed by atoms with Crippen LogP contribution in [0.4, 0.5) is 0 Å². The van der Waals surface area contributed by atoms with Crippen LogP contribution < -0.4 is 0 Å². The minimum atomic E-state index is 0.144. The molecule has 0 saturated heterocycles. The van der Waals surface area contributed by atoms with Crippen LogP contribution in [0.2, 0.25) is 0 Å². The molecule has 0 N–H and O–H groups in total. The van der Waals surface area contributed by atoms with Crippen LogP contribution in [-0.2, 0) is 11.2 Å². The minimum Gasteiger partial charge on any atom is -0.295 e. The van der Waals surface area contributed by atoms with E-state index in [-0.39, 0.29) is 5.78 Å². The first-order valence-corrected chi connectivity index (χ1v) is 7.00. The summed E-state index contributed by atoms with van der Waals surface area (Å²) in [6.07, 6.45) is 13.5. The second-order valence-electron chi connectivity index (χ2n) is 5.21. The minimum absolute atomic E-state index is 0.144. The van der Waals surface area contributed by atoms with Gasteiger partial charge in [-0.2, -0.15) is 0 Å². The smallest absolute Gasteiger partial charge is 0.152 e. The molecule has 1 aromatic rings. The number of aromatic nitrogens is 1. The lowest BCUT2D eigenvalue weighted by atomic mass is 9.97. The van der Waals surface area contributed by atoms with Gasteiger partial charge in [-0.05, 0) is 56.7 Å². The van der Waals surface area contributed by atoms with Crippen molar-refractivity contribution in [1.29, 1.82) is 0 Å². The molecule has 2 nitrogen and oxygen atoms in total. The Bertz CT molecular complexity index is 473. The Balaban J connectivity index is 1.89. The van der Waals surface area contributed by atoms with Gasteiger partial charge in [0.1, 0.15) is 0 Å². The predicted molar refractivity (Wildman–Crippen MR) is 77.8 cm³/mol. The Morgan fingerprint density at radius 1 is 1.42 bits per heavy atom. The Hall–Kier alpha value is -1.70. The number of pyridine rings is 1. The van der Waals surface area contributed by atoms with E-state index in [2.05, 4.69) is 23.2 Å². The maximum absolute atomic E-state index is 11.0.